The van der Waals surface area contributed by atoms with Gasteiger partial charge in [-0.25, -0.2) is 0 Å². The van der Waals surface area contributed by atoms with Crippen LogP contribution in [0.15, 0.2) is 47.4 Å². The van der Waals surface area contributed by atoms with E-state index in [1.807, 2.05) is 18.4 Å². The first-order chi connectivity index (χ1) is 10.1. The Hall–Kier alpha value is -2.26. The van der Waals surface area contributed by atoms with Gasteiger partial charge in [-0.15, -0.1) is 11.8 Å². The summed E-state index contributed by atoms with van der Waals surface area (Å²) in [5.74, 6) is 0.0916. The predicted molar refractivity (Wildman–Crippen MR) is 79.3 cm³/mol. The Balaban J connectivity index is 2.21. The van der Waals surface area contributed by atoms with Crippen molar-refractivity contribution in [3.05, 3.63) is 48.0 Å². The quantitative estimate of drug-likeness (QED) is 0.818. The van der Waals surface area contributed by atoms with E-state index < -0.39 is 6.61 Å². The van der Waals surface area contributed by atoms with Gasteiger partial charge in [-0.2, -0.15) is 14.0 Å². The lowest BCUT2D eigenvalue weighted by molar-refractivity contribution is -0.0498. The highest BCUT2D eigenvalue weighted by Crippen LogP contribution is 2.29. The van der Waals surface area contributed by atoms with E-state index in [9.17, 15) is 14.0 Å². The van der Waals surface area contributed by atoms with Crippen LogP contribution in [0.3, 0.4) is 0 Å². The molecule has 0 spiro atoms. The van der Waals surface area contributed by atoms with E-state index in [0.717, 1.165) is 4.90 Å². The van der Waals surface area contributed by atoms with E-state index in [4.69, 9.17) is 0 Å². The average Bonchev–Trinajstić information content (AvgIpc) is 2.48. The van der Waals surface area contributed by atoms with E-state index >= 15 is 0 Å². The molecule has 0 aromatic heterocycles. The van der Waals surface area contributed by atoms with Crippen LogP contribution >= 0.6 is 11.8 Å². The minimum atomic E-state index is -2.84. The van der Waals surface area contributed by atoms with Crippen LogP contribution in [-0.2, 0) is 0 Å². The fourth-order valence-electron chi connectivity index (χ4n) is 1.80. The van der Waals surface area contributed by atoms with Gasteiger partial charge in [0, 0.05) is 10.6 Å². The van der Waals surface area contributed by atoms with Crippen LogP contribution in [0.4, 0.5) is 20.2 Å². The molecule has 2 aromatic carbocycles. The second kappa shape index (κ2) is 6.95. The molecule has 108 valence electrons. The van der Waals surface area contributed by atoms with E-state index in [0.29, 0.717) is 16.9 Å². The first-order valence-electron chi connectivity index (χ1n) is 6.03. The molecular weight excluding hydrogens is 294 g/mol. The lowest BCUT2D eigenvalue weighted by Crippen LogP contribution is -2.01. The minimum Gasteiger partial charge on any atom is -0.435 e. The Morgan fingerprint density at radius 1 is 1.19 bits per heavy atom. The summed E-state index contributed by atoms with van der Waals surface area (Å²) in [6.45, 7) is -2.84. The first-order valence-corrected chi connectivity index (χ1v) is 7.25. The third-order valence-corrected chi connectivity index (χ3v) is 3.50. The number of alkyl halides is 2. The number of halogens is 2. The summed E-state index contributed by atoms with van der Waals surface area (Å²) < 4.78 is 28.4. The molecule has 0 bridgehead atoms. The molecule has 21 heavy (non-hydrogen) atoms. The smallest absolute Gasteiger partial charge is 0.387 e. The van der Waals surface area contributed by atoms with Crippen molar-refractivity contribution in [1.82, 2.24) is 0 Å². The summed E-state index contributed by atoms with van der Waals surface area (Å²) in [6.07, 6.45) is 1.90. The van der Waals surface area contributed by atoms with Crippen LogP contribution < -0.4 is 10.1 Å². The van der Waals surface area contributed by atoms with E-state index in [1.165, 1.54) is 23.9 Å². The Kier molecular flexibility index (Phi) is 5.01. The van der Waals surface area contributed by atoms with Gasteiger partial charge in [0.1, 0.15) is 11.8 Å². The molecule has 0 saturated heterocycles. The number of thioether (sulfide) groups is 1. The van der Waals surface area contributed by atoms with Crippen molar-refractivity contribution in [2.24, 2.45) is 0 Å². The number of hydrogen-bond acceptors (Lipinski definition) is 4. The SMILES string of the molecule is CSc1cccc(Nc2ccc(OC(F)F)cc2)c1C#N. The zero-order valence-corrected chi connectivity index (χ0v) is 12.0. The minimum absolute atomic E-state index is 0.0916. The summed E-state index contributed by atoms with van der Waals surface area (Å²) >= 11 is 1.49. The summed E-state index contributed by atoms with van der Waals surface area (Å²) in [5.41, 5.74) is 1.91. The maximum atomic E-state index is 12.1. The topological polar surface area (TPSA) is 45.0 Å². The maximum Gasteiger partial charge on any atom is 0.387 e. The molecule has 0 aliphatic carbocycles. The largest absolute Gasteiger partial charge is 0.435 e. The zero-order chi connectivity index (χ0) is 15.2. The van der Waals surface area contributed by atoms with Gasteiger partial charge < -0.3 is 10.1 Å². The molecule has 0 amide bonds. The van der Waals surface area contributed by atoms with Crippen LogP contribution in [0.5, 0.6) is 5.75 Å². The van der Waals surface area contributed by atoms with Crippen molar-refractivity contribution >= 4 is 23.1 Å². The van der Waals surface area contributed by atoms with Gasteiger partial charge in [0.15, 0.2) is 0 Å². The van der Waals surface area contributed by atoms with Gasteiger partial charge in [0.25, 0.3) is 0 Å². The molecule has 6 heteroatoms. The average molecular weight is 306 g/mol. The number of rotatable bonds is 5. The Labute approximate surface area is 125 Å². The third-order valence-electron chi connectivity index (χ3n) is 2.72. The molecule has 2 aromatic rings. The van der Waals surface area contributed by atoms with Crippen molar-refractivity contribution in [2.45, 2.75) is 11.5 Å². The second-order valence-corrected chi connectivity index (χ2v) is 4.87. The number of benzene rings is 2. The highest BCUT2D eigenvalue weighted by atomic mass is 32.2. The molecule has 0 fully saturated rings. The van der Waals surface area contributed by atoms with Crippen molar-refractivity contribution in [2.75, 3.05) is 11.6 Å². The molecule has 0 radical (unpaired) electrons. The molecule has 0 saturated carbocycles. The van der Waals surface area contributed by atoms with Crippen LogP contribution in [0, 0.1) is 11.3 Å². The molecule has 1 N–H and O–H groups in total. The summed E-state index contributed by atoms with van der Waals surface area (Å²) in [7, 11) is 0. The molecule has 0 unspecified atom stereocenters. The highest BCUT2D eigenvalue weighted by molar-refractivity contribution is 7.98. The standard InChI is InChI=1S/C15H12F2N2OS/c1-21-14-4-2-3-13(12(14)9-18)19-10-5-7-11(8-6-10)20-15(16)17/h2-8,15,19H,1H3. The molecule has 0 heterocycles. The highest BCUT2D eigenvalue weighted by Gasteiger charge is 2.08. The summed E-state index contributed by atoms with van der Waals surface area (Å²) in [5, 5.41) is 12.3. The van der Waals surface area contributed by atoms with Gasteiger partial charge in [-0.3, -0.25) is 0 Å². The van der Waals surface area contributed by atoms with Crippen LogP contribution in [0.25, 0.3) is 0 Å². The van der Waals surface area contributed by atoms with Crippen molar-refractivity contribution in [3.8, 4) is 11.8 Å². The monoisotopic (exact) mass is 306 g/mol. The fraction of sp³-hybridized carbons (Fsp3) is 0.133. The van der Waals surface area contributed by atoms with Gasteiger partial charge in [-0.1, -0.05) is 6.07 Å². The Morgan fingerprint density at radius 3 is 2.48 bits per heavy atom. The Morgan fingerprint density at radius 2 is 1.90 bits per heavy atom. The van der Waals surface area contributed by atoms with E-state index in [-0.39, 0.29) is 5.75 Å². The number of ether oxygens (including phenoxy) is 1. The summed E-state index contributed by atoms with van der Waals surface area (Å²) in [4.78, 5) is 0.875. The van der Waals surface area contributed by atoms with E-state index in [1.54, 1.807) is 18.2 Å². The normalized spacial score (nSPS) is 10.2. The Bertz CT molecular complexity index is 654. The van der Waals surface area contributed by atoms with Crippen molar-refractivity contribution in [1.29, 1.82) is 5.26 Å². The van der Waals surface area contributed by atoms with Crippen LogP contribution in [-0.4, -0.2) is 12.9 Å². The molecule has 3 nitrogen and oxygen atoms in total. The molecule has 0 aliphatic heterocycles. The van der Waals surface area contributed by atoms with Gasteiger partial charge in [0.2, 0.25) is 0 Å². The van der Waals surface area contributed by atoms with Gasteiger partial charge in [-0.05, 0) is 42.7 Å². The zero-order valence-electron chi connectivity index (χ0n) is 11.1. The number of nitrogens with one attached hydrogen (secondary N) is 1. The lowest BCUT2D eigenvalue weighted by atomic mass is 10.2. The summed E-state index contributed by atoms with van der Waals surface area (Å²) in [6, 6.07) is 13.8. The number of nitrogens with zero attached hydrogens (tertiary/aromatic N) is 1. The first kappa shape index (κ1) is 15.1. The van der Waals surface area contributed by atoms with Gasteiger partial charge >= 0.3 is 6.61 Å². The number of anilines is 2. The number of nitriles is 1. The molecule has 0 aliphatic rings. The number of hydrogen-bond donors (Lipinski definition) is 1. The van der Waals surface area contributed by atoms with Crippen LogP contribution in [0.1, 0.15) is 5.56 Å². The second-order valence-electron chi connectivity index (χ2n) is 4.02. The lowest BCUT2D eigenvalue weighted by Gasteiger charge is -2.11. The fourth-order valence-corrected chi connectivity index (χ4v) is 2.37. The third kappa shape index (κ3) is 3.86. The maximum absolute atomic E-state index is 12.1. The molecular formula is C15H12F2N2OS. The molecule has 2 rings (SSSR count). The van der Waals surface area contributed by atoms with Gasteiger partial charge in [0.05, 0.1) is 11.3 Å². The predicted octanol–water partition coefficient (Wildman–Crippen LogP) is 4.63. The van der Waals surface area contributed by atoms with Crippen LogP contribution in [0.2, 0.25) is 0 Å². The van der Waals surface area contributed by atoms with E-state index in [2.05, 4.69) is 16.1 Å². The van der Waals surface area contributed by atoms with Crippen molar-refractivity contribution < 1.29 is 13.5 Å². The molecule has 0 atom stereocenters. The van der Waals surface area contributed by atoms with Crippen molar-refractivity contribution in [3.63, 3.8) is 0 Å².